The largest absolute Gasteiger partial charge is 0.455 e. The van der Waals surface area contributed by atoms with Crippen LogP contribution in [0, 0.1) is 0 Å². The van der Waals surface area contributed by atoms with E-state index in [1.807, 2.05) is 47.7 Å². The summed E-state index contributed by atoms with van der Waals surface area (Å²) in [5.41, 5.74) is 7.00. The maximum atomic E-state index is 6.52. The van der Waals surface area contributed by atoms with Crippen LogP contribution in [-0.2, 0) is 0 Å². The van der Waals surface area contributed by atoms with Crippen molar-refractivity contribution in [3.8, 4) is 45.3 Å². The molecule has 5 heteroatoms. The smallest absolute Gasteiger partial charge is 0.164 e. The third kappa shape index (κ3) is 4.57. The summed E-state index contributed by atoms with van der Waals surface area (Å²) < 4.78 is 8.99. The van der Waals surface area contributed by atoms with Gasteiger partial charge in [-0.25, -0.2) is 15.0 Å². The number of benzene rings is 8. The van der Waals surface area contributed by atoms with Crippen LogP contribution in [0.1, 0.15) is 0 Å². The van der Waals surface area contributed by atoms with Crippen molar-refractivity contribution in [3.05, 3.63) is 164 Å². The lowest BCUT2D eigenvalue weighted by Gasteiger charge is -2.11. The Kier molecular flexibility index (Phi) is 6.39. The van der Waals surface area contributed by atoms with Crippen molar-refractivity contribution >= 4 is 75.0 Å². The summed E-state index contributed by atoms with van der Waals surface area (Å²) in [6.07, 6.45) is 0. The first kappa shape index (κ1) is 29.1. The average Bonchev–Trinajstić information content (AvgIpc) is 3.79. The Morgan fingerprint density at radius 2 is 1.00 bits per heavy atom. The predicted octanol–water partition coefficient (Wildman–Crippen LogP) is 13.1. The van der Waals surface area contributed by atoms with Crippen molar-refractivity contribution in [1.82, 2.24) is 15.0 Å². The quantitative estimate of drug-likeness (QED) is 0.174. The maximum Gasteiger partial charge on any atom is 0.164 e. The summed E-state index contributed by atoms with van der Waals surface area (Å²) in [5, 5.41) is 9.48. The fraction of sp³-hybridized carbons (Fsp3) is 0. The van der Waals surface area contributed by atoms with Crippen LogP contribution in [0.15, 0.2) is 168 Å². The molecule has 11 aromatic rings. The molecule has 0 spiro atoms. The molecule has 52 heavy (non-hydrogen) atoms. The van der Waals surface area contributed by atoms with Crippen molar-refractivity contribution < 1.29 is 4.42 Å². The number of furan rings is 1. The van der Waals surface area contributed by atoms with Crippen molar-refractivity contribution in [2.75, 3.05) is 0 Å². The zero-order valence-corrected chi connectivity index (χ0v) is 28.6. The second-order valence-corrected chi connectivity index (χ2v) is 14.2. The highest BCUT2D eigenvalue weighted by atomic mass is 32.1. The molecule has 242 valence electrons. The number of aromatic nitrogens is 3. The van der Waals surface area contributed by atoms with Crippen LogP contribution in [0.3, 0.4) is 0 Å². The first-order chi connectivity index (χ1) is 25.7. The average molecular weight is 682 g/mol. The van der Waals surface area contributed by atoms with Crippen molar-refractivity contribution in [3.63, 3.8) is 0 Å². The van der Waals surface area contributed by atoms with Gasteiger partial charge in [0.1, 0.15) is 11.2 Å². The number of fused-ring (bicyclic) bond motifs is 10. The topological polar surface area (TPSA) is 51.8 Å². The third-order valence-corrected chi connectivity index (χ3v) is 11.3. The van der Waals surface area contributed by atoms with Crippen molar-refractivity contribution in [2.24, 2.45) is 0 Å². The lowest BCUT2D eigenvalue weighted by Crippen LogP contribution is -2.00. The van der Waals surface area contributed by atoms with Crippen LogP contribution >= 0.6 is 11.3 Å². The Morgan fingerprint density at radius 1 is 0.404 bits per heavy atom. The van der Waals surface area contributed by atoms with E-state index in [2.05, 4.69) is 127 Å². The molecule has 0 radical (unpaired) electrons. The van der Waals surface area contributed by atoms with E-state index in [0.29, 0.717) is 17.5 Å². The molecule has 4 nitrogen and oxygen atoms in total. The molecule has 11 rings (SSSR count). The van der Waals surface area contributed by atoms with Crippen LogP contribution in [0.25, 0.3) is 109 Å². The molecule has 0 bridgehead atoms. The molecule has 0 saturated carbocycles. The molecule has 0 unspecified atom stereocenters. The zero-order valence-electron chi connectivity index (χ0n) is 27.7. The van der Waals surface area contributed by atoms with Gasteiger partial charge in [-0.1, -0.05) is 140 Å². The van der Waals surface area contributed by atoms with E-state index in [1.54, 1.807) is 0 Å². The van der Waals surface area contributed by atoms with Gasteiger partial charge in [0.05, 0.1) is 0 Å². The zero-order chi connectivity index (χ0) is 34.2. The van der Waals surface area contributed by atoms with Crippen LogP contribution in [-0.4, -0.2) is 15.0 Å². The molecule has 0 aliphatic carbocycles. The van der Waals surface area contributed by atoms with E-state index in [9.17, 15) is 0 Å². The minimum Gasteiger partial charge on any atom is -0.455 e. The number of para-hydroxylation sites is 1. The van der Waals surface area contributed by atoms with Crippen LogP contribution in [0.4, 0.5) is 0 Å². The number of hydrogen-bond acceptors (Lipinski definition) is 5. The van der Waals surface area contributed by atoms with E-state index in [-0.39, 0.29) is 0 Å². The number of nitrogens with zero attached hydrogens (tertiary/aromatic N) is 3. The van der Waals surface area contributed by atoms with Crippen LogP contribution < -0.4 is 0 Å². The highest BCUT2D eigenvalue weighted by Gasteiger charge is 2.20. The molecule has 0 N–H and O–H groups in total. The number of thiophene rings is 1. The molecule has 0 aliphatic heterocycles. The van der Waals surface area contributed by atoms with Gasteiger partial charge in [-0.05, 0) is 51.4 Å². The Bertz CT molecular complexity index is 3180. The van der Waals surface area contributed by atoms with Crippen molar-refractivity contribution in [1.29, 1.82) is 0 Å². The lowest BCUT2D eigenvalue weighted by molar-refractivity contribution is 0.673. The minimum absolute atomic E-state index is 0.636. The van der Waals surface area contributed by atoms with E-state index in [1.165, 1.54) is 41.9 Å². The standard InChI is InChI=1S/C47H27N3OS/c1-2-11-30(12-3-1)45-48-46(50-47(49-45)33-24-25-35-32(26-33)23-20-28-10-4-5-13-34(28)35)31-21-18-29(19-22-31)38-27-39-36-14-6-8-16-40(36)51-43(39)42-37-15-7-9-17-41(37)52-44(38)42/h1-27H. The molecular weight excluding hydrogens is 655 g/mol. The number of hydrogen-bond donors (Lipinski definition) is 0. The SMILES string of the molecule is c1ccc(-c2nc(-c3ccc(-c4cc5c6ccccc6oc5c5c4sc4ccccc45)cc3)nc(-c3ccc4c(ccc5ccccc54)c3)n2)cc1. The maximum absolute atomic E-state index is 6.52. The highest BCUT2D eigenvalue weighted by molar-refractivity contribution is 7.26. The van der Waals surface area contributed by atoms with Gasteiger partial charge in [-0.2, -0.15) is 0 Å². The molecule has 0 saturated heterocycles. The second kappa shape index (κ2) is 11.4. The predicted molar refractivity (Wildman–Crippen MR) is 217 cm³/mol. The lowest BCUT2D eigenvalue weighted by atomic mass is 9.98. The van der Waals surface area contributed by atoms with Gasteiger partial charge in [0, 0.05) is 53.2 Å². The number of rotatable bonds is 4. The summed E-state index contributed by atoms with van der Waals surface area (Å²) >= 11 is 1.82. The molecule has 3 aromatic heterocycles. The van der Waals surface area contributed by atoms with Gasteiger partial charge in [0.15, 0.2) is 17.5 Å². The van der Waals surface area contributed by atoms with Crippen molar-refractivity contribution in [2.45, 2.75) is 0 Å². The van der Waals surface area contributed by atoms with E-state index in [0.717, 1.165) is 49.6 Å². The van der Waals surface area contributed by atoms with E-state index >= 15 is 0 Å². The first-order valence-corrected chi connectivity index (χ1v) is 18.2. The Labute approximate surface area is 302 Å². The van der Waals surface area contributed by atoms with Crippen LogP contribution in [0.2, 0.25) is 0 Å². The summed E-state index contributed by atoms with van der Waals surface area (Å²) in [7, 11) is 0. The summed E-state index contributed by atoms with van der Waals surface area (Å²) in [4.78, 5) is 15.1. The van der Waals surface area contributed by atoms with Gasteiger partial charge >= 0.3 is 0 Å². The van der Waals surface area contributed by atoms with E-state index < -0.39 is 0 Å². The minimum atomic E-state index is 0.636. The van der Waals surface area contributed by atoms with Gasteiger partial charge in [-0.15, -0.1) is 11.3 Å². The molecule has 0 fully saturated rings. The molecule has 8 aromatic carbocycles. The van der Waals surface area contributed by atoms with E-state index in [4.69, 9.17) is 19.4 Å². The van der Waals surface area contributed by atoms with Gasteiger partial charge in [0.25, 0.3) is 0 Å². The fourth-order valence-electron chi connectivity index (χ4n) is 7.58. The first-order valence-electron chi connectivity index (χ1n) is 17.3. The van der Waals surface area contributed by atoms with Crippen LogP contribution in [0.5, 0.6) is 0 Å². The van der Waals surface area contributed by atoms with Gasteiger partial charge < -0.3 is 4.42 Å². The summed E-state index contributed by atoms with van der Waals surface area (Å²) in [5.74, 6) is 1.93. The Balaban J connectivity index is 1.07. The van der Waals surface area contributed by atoms with Gasteiger partial charge in [-0.3, -0.25) is 0 Å². The molecule has 3 heterocycles. The molecule has 0 aliphatic rings. The van der Waals surface area contributed by atoms with Gasteiger partial charge in [0.2, 0.25) is 0 Å². The Morgan fingerprint density at radius 3 is 1.83 bits per heavy atom. The molecule has 0 atom stereocenters. The second-order valence-electron chi connectivity index (χ2n) is 13.2. The fourth-order valence-corrected chi connectivity index (χ4v) is 8.82. The molecule has 0 amide bonds. The Hall–Kier alpha value is -6.69. The summed E-state index contributed by atoms with van der Waals surface area (Å²) in [6, 6.07) is 57.3. The monoisotopic (exact) mass is 681 g/mol. The highest BCUT2D eigenvalue weighted by Crippen LogP contribution is 2.46. The third-order valence-electron chi connectivity index (χ3n) is 10.1. The normalized spacial score (nSPS) is 11.8. The summed E-state index contributed by atoms with van der Waals surface area (Å²) in [6.45, 7) is 0. The molecular formula is C47H27N3OS.